The molecule has 104 valence electrons. The molecule has 1 saturated carbocycles. The third kappa shape index (κ3) is 4.16. The van der Waals surface area contributed by atoms with Crippen LogP contribution in [0.3, 0.4) is 0 Å². The standard InChI is InChI=1S/C14H21BO3S/c1-18-14-7-6-13(15(16)17)8-12(14)10-19-9-11-4-2-3-5-11/h6-8,11,16-17H,2-5,9-10H2,1H3. The van der Waals surface area contributed by atoms with E-state index in [1.165, 1.54) is 31.4 Å². The Morgan fingerprint density at radius 2 is 2.05 bits per heavy atom. The molecule has 0 saturated heterocycles. The first-order valence-corrected chi connectivity index (χ1v) is 7.97. The van der Waals surface area contributed by atoms with Gasteiger partial charge in [0.15, 0.2) is 0 Å². The van der Waals surface area contributed by atoms with Gasteiger partial charge in [-0.25, -0.2) is 0 Å². The topological polar surface area (TPSA) is 49.7 Å². The minimum Gasteiger partial charge on any atom is -0.496 e. The van der Waals surface area contributed by atoms with E-state index in [1.54, 1.807) is 19.2 Å². The fourth-order valence-electron chi connectivity index (χ4n) is 2.58. The predicted octanol–water partition coefficient (Wildman–Crippen LogP) is 1.80. The molecule has 0 radical (unpaired) electrons. The van der Waals surface area contributed by atoms with Crippen molar-refractivity contribution in [2.45, 2.75) is 31.4 Å². The monoisotopic (exact) mass is 280 g/mol. The van der Waals surface area contributed by atoms with Crippen LogP contribution in [0, 0.1) is 5.92 Å². The molecule has 19 heavy (non-hydrogen) atoms. The van der Waals surface area contributed by atoms with Gasteiger partial charge in [0, 0.05) is 11.3 Å². The summed E-state index contributed by atoms with van der Waals surface area (Å²) in [4.78, 5) is 0. The average Bonchev–Trinajstić information content (AvgIpc) is 2.91. The molecule has 0 aromatic heterocycles. The van der Waals surface area contributed by atoms with E-state index in [1.807, 2.05) is 17.8 Å². The number of ether oxygens (including phenoxy) is 1. The highest BCUT2D eigenvalue weighted by molar-refractivity contribution is 7.98. The Morgan fingerprint density at radius 1 is 1.32 bits per heavy atom. The lowest BCUT2D eigenvalue weighted by Crippen LogP contribution is -2.30. The van der Waals surface area contributed by atoms with Crippen molar-refractivity contribution in [3.05, 3.63) is 23.8 Å². The summed E-state index contributed by atoms with van der Waals surface area (Å²) in [6.07, 6.45) is 5.47. The molecule has 0 bridgehead atoms. The fourth-order valence-corrected chi connectivity index (χ4v) is 3.81. The Bertz CT molecular complexity index is 406. The van der Waals surface area contributed by atoms with E-state index in [-0.39, 0.29) is 0 Å². The number of benzene rings is 1. The average molecular weight is 280 g/mol. The van der Waals surface area contributed by atoms with Crippen LogP contribution in [0.5, 0.6) is 5.75 Å². The van der Waals surface area contributed by atoms with E-state index in [0.29, 0.717) is 5.46 Å². The highest BCUT2D eigenvalue weighted by atomic mass is 32.2. The molecule has 1 aromatic carbocycles. The van der Waals surface area contributed by atoms with Crippen LogP contribution in [0.15, 0.2) is 18.2 Å². The van der Waals surface area contributed by atoms with Gasteiger partial charge in [0.25, 0.3) is 0 Å². The maximum atomic E-state index is 9.22. The Hall–Kier alpha value is -0.645. The lowest BCUT2D eigenvalue weighted by atomic mass is 9.79. The van der Waals surface area contributed by atoms with Gasteiger partial charge in [0.2, 0.25) is 0 Å². The second-order valence-corrected chi connectivity index (χ2v) is 6.14. The van der Waals surface area contributed by atoms with Crippen LogP contribution >= 0.6 is 11.8 Å². The van der Waals surface area contributed by atoms with Gasteiger partial charge in [-0.15, -0.1) is 0 Å². The first kappa shape index (κ1) is 14.8. The molecule has 1 aromatic rings. The Labute approximate surface area is 119 Å². The van der Waals surface area contributed by atoms with Gasteiger partial charge in [0.1, 0.15) is 5.75 Å². The van der Waals surface area contributed by atoms with Crippen molar-refractivity contribution in [3.8, 4) is 5.75 Å². The summed E-state index contributed by atoms with van der Waals surface area (Å²) in [5.41, 5.74) is 1.56. The first-order chi connectivity index (χ1) is 9.20. The largest absolute Gasteiger partial charge is 0.496 e. The molecule has 0 amide bonds. The normalized spacial score (nSPS) is 15.7. The van der Waals surface area contributed by atoms with E-state index in [0.717, 1.165) is 23.0 Å². The molecule has 1 aliphatic carbocycles. The Balaban J connectivity index is 1.94. The summed E-state index contributed by atoms with van der Waals surface area (Å²) in [5.74, 6) is 3.74. The van der Waals surface area contributed by atoms with Gasteiger partial charge in [-0.2, -0.15) is 11.8 Å². The van der Waals surface area contributed by atoms with Crippen LogP contribution in [0.1, 0.15) is 31.2 Å². The summed E-state index contributed by atoms with van der Waals surface area (Å²) in [5, 5.41) is 18.4. The highest BCUT2D eigenvalue weighted by Crippen LogP contribution is 2.30. The quantitative estimate of drug-likeness (QED) is 0.780. The lowest BCUT2D eigenvalue weighted by Gasteiger charge is -2.12. The molecule has 0 aliphatic heterocycles. The van der Waals surface area contributed by atoms with Crippen LogP contribution in [-0.4, -0.2) is 30.0 Å². The maximum absolute atomic E-state index is 9.22. The summed E-state index contributed by atoms with van der Waals surface area (Å²) in [6, 6.07) is 5.32. The zero-order valence-corrected chi connectivity index (χ0v) is 12.2. The molecule has 2 rings (SSSR count). The van der Waals surface area contributed by atoms with Crippen molar-refractivity contribution < 1.29 is 14.8 Å². The molecule has 3 nitrogen and oxygen atoms in total. The van der Waals surface area contributed by atoms with Crippen LogP contribution in [0.4, 0.5) is 0 Å². The van der Waals surface area contributed by atoms with Crippen molar-refractivity contribution in [2.24, 2.45) is 5.92 Å². The number of rotatable bonds is 6. The molecule has 0 spiro atoms. The summed E-state index contributed by atoms with van der Waals surface area (Å²) < 4.78 is 5.33. The molecule has 1 fully saturated rings. The number of thioether (sulfide) groups is 1. The third-order valence-corrected chi connectivity index (χ3v) is 4.91. The van der Waals surface area contributed by atoms with Crippen molar-refractivity contribution in [1.29, 1.82) is 0 Å². The summed E-state index contributed by atoms with van der Waals surface area (Å²) in [6.45, 7) is 0. The van der Waals surface area contributed by atoms with Crippen LogP contribution in [-0.2, 0) is 5.75 Å². The number of hydrogen-bond donors (Lipinski definition) is 2. The van der Waals surface area contributed by atoms with Crippen LogP contribution in [0.2, 0.25) is 0 Å². The summed E-state index contributed by atoms with van der Waals surface area (Å²) in [7, 11) is 0.236. The minimum atomic E-state index is -1.41. The van der Waals surface area contributed by atoms with Gasteiger partial charge >= 0.3 is 7.12 Å². The van der Waals surface area contributed by atoms with E-state index in [4.69, 9.17) is 4.74 Å². The first-order valence-electron chi connectivity index (χ1n) is 6.81. The third-order valence-electron chi connectivity index (χ3n) is 3.69. The van der Waals surface area contributed by atoms with Gasteiger partial charge in [-0.05, 0) is 36.0 Å². The number of methoxy groups -OCH3 is 1. The predicted molar refractivity (Wildman–Crippen MR) is 80.9 cm³/mol. The molecule has 5 heteroatoms. The Morgan fingerprint density at radius 3 is 2.68 bits per heavy atom. The van der Waals surface area contributed by atoms with E-state index in [9.17, 15) is 10.0 Å². The van der Waals surface area contributed by atoms with Crippen molar-refractivity contribution in [3.63, 3.8) is 0 Å². The molecule has 1 aliphatic rings. The molecular formula is C14H21BO3S. The lowest BCUT2D eigenvalue weighted by molar-refractivity contribution is 0.410. The van der Waals surface area contributed by atoms with Crippen LogP contribution < -0.4 is 10.2 Å². The Kier molecular flexibility index (Phi) is 5.61. The van der Waals surface area contributed by atoms with Gasteiger partial charge in [0.05, 0.1) is 7.11 Å². The van der Waals surface area contributed by atoms with E-state index < -0.39 is 7.12 Å². The second kappa shape index (κ2) is 7.22. The van der Waals surface area contributed by atoms with Crippen LogP contribution in [0.25, 0.3) is 0 Å². The van der Waals surface area contributed by atoms with Gasteiger partial charge in [-0.1, -0.05) is 25.0 Å². The molecule has 0 unspecified atom stereocenters. The van der Waals surface area contributed by atoms with Crippen molar-refractivity contribution >= 4 is 24.3 Å². The second-order valence-electron chi connectivity index (χ2n) is 5.11. The fraction of sp³-hybridized carbons (Fsp3) is 0.571. The minimum absolute atomic E-state index is 0.525. The molecule has 2 N–H and O–H groups in total. The van der Waals surface area contributed by atoms with E-state index in [2.05, 4.69) is 0 Å². The van der Waals surface area contributed by atoms with Gasteiger partial charge < -0.3 is 14.8 Å². The smallest absolute Gasteiger partial charge is 0.488 e. The van der Waals surface area contributed by atoms with Crippen molar-refractivity contribution in [2.75, 3.05) is 12.9 Å². The van der Waals surface area contributed by atoms with Gasteiger partial charge in [-0.3, -0.25) is 0 Å². The van der Waals surface area contributed by atoms with Crippen molar-refractivity contribution in [1.82, 2.24) is 0 Å². The molecular weight excluding hydrogens is 259 g/mol. The summed E-state index contributed by atoms with van der Waals surface area (Å²) >= 11 is 1.91. The molecule has 0 heterocycles. The number of hydrogen-bond acceptors (Lipinski definition) is 4. The molecule has 0 atom stereocenters. The van der Waals surface area contributed by atoms with E-state index >= 15 is 0 Å². The SMILES string of the molecule is COc1ccc(B(O)O)cc1CSCC1CCCC1. The zero-order chi connectivity index (χ0) is 13.7. The highest BCUT2D eigenvalue weighted by Gasteiger charge is 2.16. The maximum Gasteiger partial charge on any atom is 0.488 e. The zero-order valence-electron chi connectivity index (χ0n) is 11.3.